The van der Waals surface area contributed by atoms with Crippen molar-refractivity contribution in [1.82, 2.24) is 5.32 Å². The second-order valence-corrected chi connectivity index (χ2v) is 11.8. The fourth-order valence-corrected chi connectivity index (χ4v) is 3.03. The van der Waals surface area contributed by atoms with Gasteiger partial charge in [0.2, 0.25) is 5.91 Å². The molecule has 0 bridgehead atoms. The van der Waals surface area contributed by atoms with Crippen LogP contribution in [0.25, 0.3) is 0 Å². The fourth-order valence-electron chi connectivity index (χ4n) is 1.56. The van der Waals surface area contributed by atoms with Crippen LogP contribution < -0.4 is 10.5 Å². The van der Waals surface area contributed by atoms with E-state index < -0.39 is 8.07 Å². The van der Waals surface area contributed by atoms with Crippen molar-refractivity contribution in [3.63, 3.8) is 0 Å². The third kappa shape index (κ3) is 4.50. The summed E-state index contributed by atoms with van der Waals surface area (Å²) in [5, 5.41) is 4.43. The van der Waals surface area contributed by atoms with E-state index in [2.05, 4.69) is 49.2 Å². The molecule has 1 aromatic rings. The first-order valence-corrected chi connectivity index (χ1v) is 11.0. The summed E-state index contributed by atoms with van der Waals surface area (Å²) in [6.45, 7) is 9.56. The summed E-state index contributed by atoms with van der Waals surface area (Å²) in [6.07, 6.45) is 1.95. The first-order chi connectivity index (χ1) is 8.34. The summed E-state index contributed by atoms with van der Waals surface area (Å²) < 4.78 is 0. The quantitative estimate of drug-likeness (QED) is 0.841. The molecule has 1 N–H and O–H groups in total. The summed E-state index contributed by atoms with van der Waals surface area (Å²) in [6, 6.07) is 8.65. The Morgan fingerprint density at radius 2 is 1.83 bits per heavy atom. The zero-order chi connectivity index (χ0) is 13.8. The molecule has 1 rings (SSSR count). The predicted octanol–water partition coefficient (Wildman–Crippen LogP) is 2.60. The highest BCUT2D eigenvalue weighted by molar-refractivity contribution is 7.99. The molecule has 18 heavy (non-hydrogen) atoms. The highest BCUT2D eigenvalue weighted by Gasteiger charge is 2.15. The van der Waals surface area contributed by atoms with E-state index in [1.807, 2.05) is 13.2 Å². The number of nitrogens with one attached hydrogen (secondary N) is 1. The van der Waals surface area contributed by atoms with Gasteiger partial charge in [0.05, 0.1) is 13.3 Å². The van der Waals surface area contributed by atoms with Crippen LogP contribution in [0.15, 0.2) is 24.3 Å². The summed E-state index contributed by atoms with van der Waals surface area (Å²) in [7, 11) is -1.22. The molecule has 0 heterocycles. The third-order valence-electron chi connectivity index (χ3n) is 3.01. The molecule has 0 aromatic heterocycles. The van der Waals surface area contributed by atoms with Crippen LogP contribution >= 0.6 is 11.8 Å². The Balaban J connectivity index is 2.57. The SMILES string of the molecule is CS[C@H](C)C(=O)NCc1ccc([Si](C)(C)C)cc1. The highest BCUT2D eigenvalue weighted by Crippen LogP contribution is 2.07. The van der Waals surface area contributed by atoms with Crippen LogP contribution in [-0.2, 0) is 11.3 Å². The van der Waals surface area contributed by atoms with Gasteiger partial charge in [0.15, 0.2) is 0 Å². The van der Waals surface area contributed by atoms with Gasteiger partial charge in [-0.25, -0.2) is 0 Å². The molecule has 0 saturated carbocycles. The van der Waals surface area contributed by atoms with Gasteiger partial charge in [-0.15, -0.1) is 0 Å². The zero-order valence-corrected chi connectivity index (χ0v) is 13.7. The fraction of sp³-hybridized carbons (Fsp3) is 0.500. The lowest BCUT2D eigenvalue weighted by molar-refractivity contribution is -0.120. The number of carbonyl (C=O) groups excluding carboxylic acids is 1. The van der Waals surface area contributed by atoms with Gasteiger partial charge in [0, 0.05) is 6.54 Å². The monoisotopic (exact) mass is 281 g/mol. The Kier molecular flexibility index (Phi) is 5.47. The van der Waals surface area contributed by atoms with Crippen molar-refractivity contribution < 1.29 is 4.79 Å². The Hall–Kier alpha value is -0.743. The van der Waals surface area contributed by atoms with Crippen molar-refractivity contribution in [3.05, 3.63) is 29.8 Å². The second kappa shape index (κ2) is 6.43. The van der Waals surface area contributed by atoms with Crippen molar-refractivity contribution in [2.24, 2.45) is 0 Å². The van der Waals surface area contributed by atoms with E-state index in [1.54, 1.807) is 11.8 Å². The largest absolute Gasteiger partial charge is 0.351 e. The van der Waals surface area contributed by atoms with E-state index in [1.165, 1.54) is 10.8 Å². The lowest BCUT2D eigenvalue weighted by Crippen LogP contribution is -2.37. The summed E-state index contributed by atoms with van der Waals surface area (Å²) in [5.41, 5.74) is 1.17. The Bertz CT molecular complexity index is 397. The molecule has 0 radical (unpaired) electrons. The molecule has 4 heteroatoms. The molecule has 0 aliphatic rings. The van der Waals surface area contributed by atoms with Crippen LogP contribution in [-0.4, -0.2) is 25.5 Å². The summed E-state index contributed by atoms with van der Waals surface area (Å²) in [4.78, 5) is 11.6. The van der Waals surface area contributed by atoms with Gasteiger partial charge in [-0.3, -0.25) is 4.79 Å². The molecule has 1 atom stereocenters. The second-order valence-electron chi connectivity index (χ2n) is 5.54. The minimum Gasteiger partial charge on any atom is -0.351 e. The van der Waals surface area contributed by atoms with E-state index in [-0.39, 0.29) is 11.2 Å². The molecule has 0 spiro atoms. The molecule has 0 saturated heterocycles. The molecule has 0 aliphatic heterocycles. The normalized spacial score (nSPS) is 13.2. The maximum atomic E-state index is 11.6. The Morgan fingerprint density at radius 1 is 1.28 bits per heavy atom. The molecule has 0 fully saturated rings. The minimum absolute atomic E-state index is 0.0197. The minimum atomic E-state index is -1.22. The lowest BCUT2D eigenvalue weighted by atomic mass is 10.2. The lowest BCUT2D eigenvalue weighted by Gasteiger charge is -2.17. The highest BCUT2D eigenvalue weighted by atomic mass is 32.2. The number of hydrogen-bond acceptors (Lipinski definition) is 2. The van der Waals surface area contributed by atoms with E-state index in [0.29, 0.717) is 6.54 Å². The first-order valence-electron chi connectivity index (χ1n) is 6.24. The molecule has 2 nitrogen and oxygen atoms in total. The summed E-state index contributed by atoms with van der Waals surface area (Å²) >= 11 is 1.57. The smallest absolute Gasteiger partial charge is 0.233 e. The van der Waals surface area contributed by atoms with Crippen molar-refractivity contribution in [1.29, 1.82) is 0 Å². The number of rotatable bonds is 5. The molecule has 100 valence electrons. The third-order valence-corrected chi connectivity index (χ3v) is 6.00. The number of benzene rings is 1. The van der Waals surface area contributed by atoms with Gasteiger partial charge < -0.3 is 5.32 Å². The van der Waals surface area contributed by atoms with Crippen molar-refractivity contribution >= 4 is 30.9 Å². The standard InChI is InChI=1S/C14H23NOSSi/c1-11(17-2)14(16)15-10-12-6-8-13(9-7-12)18(3,4)5/h6-9,11H,10H2,1-5H3,(H,15,16)/t11-/m1/s1. The van der Waals surface area contributed by atoms with E-state index in [0.717, 1.165) is 0 Å². The summed E-state index contributed by atoms with van der Waals surface area (Å²) in [5.74, 6) is 0.108. The van der Waals surface area contributed by atoms with Gasteiger partial charge >= 0.3 is 0 Å². The van der Waals surface area contributed by atoms with E-state index in [4.69, 9.17) is 0 Å². The van der Waals surface area contributed by atoms with Crippen LogP contribution in [0.5, 0.6) is 0 Å². The average Bonchev–Trinajstić information content (AvgIpc) is 2.34. The van der Waals surface area contributed by atoms with E-state index in [9.17, 15) is 4.79 Å². The maximum Gasteiger partial charge on any atom is 0.233 e. The Morgan fingerprint density at radius 3 is 2.28 bits per heavy atom. The van der Waals surface area contributed by atoms with Crippen LogP contribution in [0.4, 0.5) is 0 Å². The van der Waals surface area contributed by atoms with Crippen molar-refractivity contribution in [2.45, 2.75) is 38.4 Å². The van der Waals surface area contributed by atoms with Gasteiger partial charge in [-0.05, 0) is 18.7 Å². The van der Waals surface area contributed by atoms with Crippen LogP contribution in [0.2, 0.25) is 19.6 Å². The number of amides is 1. The molecule has 1 aromatic carbocycles. The van der Waals surface area contributed by atoms with Gasteiger partial charge in [-0.2, -0.15) is 11.8 Å². The molecular weight excluding hydrogens is 258 g/mol. The molecule has 0 aliphatic carbocycles. The molecule has 0 unspecified atom stereocenters. The van der Waals surface area contributed by atoms with Gasteiger partial charge in [0.1, 0.15) is 0 Å². The molecular formula is C14H23NOSSi. The average molecular weight is 281 g/mol. The van der Waals surface area contributed by atoms with Crippen LogP contribution in [0.1, 0.15) is 12.5 Å². The number of hydrogen-bond donors (Lipinski definition) is 1. The van der Waals surface area contributed by atoms with Crippen LogP contribution in [0.3, 0.4) is 0 Å². The Labute approximate surface area is 116 Å². The first kappa shape index (κ1) is 15.3. The zero-order valence-electron chi connectivity index (χ0n) is 11.9. The molecule has 1 amide bonds. The van der Waals surface area contributed by atoms with E-state index >= 15 is 0 Å². The van der Waals surface area contributed by atoms with Crippen molar-refractivity contribution in [3.8, 4) is 0 Å². The number of carbonyl (C=O) groups is 1. The maximum absolute atomic E-state index is 11.6. The van der Waals surface area contributed by atoms with Gasteiger partial charge in [-0.1, -0.05) is 49.1 Å². The number of thioether (sulfide) groups is 1. The van der Waals surface area contributed by atoms with Crippen LogP contribution in [0, 0.1) is 0 Å². The van der Waals surface area contributed by atoms with Gasteiger partial charge in [0.25, 0.3) is 0 Å². The predicted molar refractivity (Wildman–Crippen MR) is 84.2 cm³/mol. The van der Waals surface area contributed by atoms with Crippen molar-refractivity contribution in [2.75, 3.05) is 6.26 Å². The topological polar surface area (TPSA) is 29.1 Å².